The lowest BCUT2D eigenvalue weighted by Crippen LogP contribution is -2.08. The van der Waals surface area contributed by atoms with E-state index in [-0.39, 0.29) is 6.61 Å². The van der Waals surface area contributed by atoms with Crippen LogP contribution in [0.15, 0.2) is 48.5 Å². The molecule has 2 aromatic rings. The quantitative estimate of drug-likeness (QED) is 0.887. The fourth-order valence-corrected chi connectivity index (χ4v) is 2.13. The molecule has 0 amide bonds. The Bertz CT molecular complexity index is 517. The molecule has 0 aliphatic rings. The molecule has 0 saturated carbocycles. The Labute approximate surface area is 115 Å². The Hall–Kier alpha value is -1.80. The molecule has 2 nitrogen and oxygen atoms in total. The van der Waals surface area contributed by atoms with Crippen LogP contribution in [0.4, 0.5) is 5.69 Å². The smallest absolute Gasteiger partial charge is 0.0681 e. The number of aryl methyl sites for hydroxylation is 2. The minimum atomic E-state index is 0.116. The predicted octanol–water partition coefficient (Wildman–Crippen LogP) is 3.03. The summed E-state index contributed by atoms with van der Waals surface area (Å²) >= 11 is 0. The molecule has 1 N–H and O–H groups in total. The molecule has 0 aliphatic carbocycles. The van der Waals surface area contributed by atoms with Crippen LogP contribution in [0.3, 0.4) is 0 Å². The summed E-state index contributed by atoms with van der Waals surface area (Å²) in [6.07, 6.45) is 2.04. The van der Waals surface area contributed by atoms with Gasteiger partial charge in [0, 0.05) is 19.8 Å². The molecule has 0 spiro atoms. The van der Waals surface area contributed by atoms with Crippen LogP contribution in [0.1, 0.15) is 16.7 Å². The fourth-order valence-electron chi connectivity index (χ4n) is 2.13. The molecular formula is C17H21NO. The highest BCUT2D eigenvalue weighted by Gasteiger charge is 1.99. The first-order chi connectivity index (χ1) is 9.19. The number of rotatable bonds is 5. The summed E-state index contributed by atoms with van der Waals surface area (Å²) in [5, 5.41) is 9.13. The highest BCUT2D eigenvalue weighted by atomic mass is 16.3. The van der Waals surface area contributed by atoms with E-state index in [4.69, 9.17) is 5.11 Å². The summed E-state index contributed by atoms with van der Waals surface area (Å²) in [7, 11) is 4.10. The van der Waals surface area contributed by atoms with Gasteiger partial charge in [0.05, 0.1) is 6.61 Å². The lowest BCUT2D eigenvalue weighted by molar-refractivity contribution is 0.281. The van der Waals surface area contributed by atoms with E-state index < -0.39 is 0 Å². The average molecular weight is 255 g/mol. The van der Waals surface area contributed by atoms with Crippen molar-refractivity contribution in [2.75, 3.05) is 19.0 Å². The van der Waals surface area contributed by atoms with Crippen LogP contribution in [-0.2, 0) is 19.4 Å². The van der Waals surface area contributed by atoms with E-state index in [9.17, 15) is 0 Å². The van der Waals surface area contributed by atoms with Gasteiger partial charge in [-0.2, -0.15) is 0 Å². The second-order valence-electron chi connectivity index (χ2n) is 5.04. The van der Waals surface area contributed by atoms with E-state index in [1.807, 2.05) is 12.1 Å². The molecule has 0 heterocycles. The zero-order valence-corrected chi connectivity index (χ0v) is 11.6. The van der Waals surface area contributed by atoms with Crippen LogP contribution < -0.4 is 4.90 Å². The van der Waals surface area contributed by atoms with Gasteiger partial charge in [-0.05, 0) is 41.7 Å². The van der Waals surface area contributed by atoms with E-state index in [0.717, 1.165) is 18.4 Å². The minimum absolute atomic E-state index is 0.116. The van der Waals surface area contributed by atoms with Crippen molar-refractivity contribution < 1.29 is 5.11 Å². The maximum atomic E-state index is 9.13. The highest BCUT2D eigenvalue weighted by Crippen LogP contribution is 2.14. The number of hydrogen-bond donors (Lipinski definition) is 1. The van der Waals surface area contributed by atoms with Gasteiger partial charge in [-0.3, -0.25) is 0 Å². The van der Waals surface area contributed by atoms with E-state index in [0.29, 0.717) is 0 Å². The summed E-state index contributed by atoms with van der Waals surface area (Å²) < 4.78 is 0. The van der Waals surface area contributed by atoms with Crippen LogP contribution in [0.5, 0.6) is 0 Å². The van der Waals surface area contributed by atoms with Crippen molar-refractivity contribution >= 4 is 5.69 Å². The van der Waals surface area contributed by atoms with Gasteiger partial charge in [-0.15, -0.1) is 0 Å². The normalized spacial score (nSPS) is 10.5. The zero-order valence-electron chi connectivity index (χ0n) is 11.6. The van der Waals surface area contributed by atoms with E-state index >= 15 is 0 Å². The molecule has 2 aromatic carbocycles. The highest BCUT2D eigenvalue weighted by molar-refractivity contribution is 5.46. The number of anilines is 1. The SMILES string of the molecule is CN(C)c1ccc(CCc2cccc(CO)c2)cc1. The van der Waals surface area contributed by atoms with Crippen LogP contribution in [0, 0.1) is 0 Å². The monoisotopic (exact) mass is 255 g/mol. The van der Waals surface area contributed by atoms with Crippen LogP contribution >= 0.6 is 0 Å². The van der Waals surface area contributed by atoms with Gasteiger partial charge in [0.1, 0.15) is 0 Å². The Balaban J connectivity index is 1.98. The second-order valence-corrected chi connectivity index (χ2v) is 5.04. The third kappa shape index (κ3) is 3.83. The van der Waals surface area contributed by atoms with Gasteiger partial charge < -0.3 is 10.0 Å². The Morgan fingerprint density at radius 3 is 2.11 bits per heavy atom. The van der Waals surface area contributed by atoms with Gasteiger partial charge in [0.2, 0.25) is 0 Å². The fraction of sp³-hybridized carbons (Fsp3) is 0.294. The standard InChI is InChI=1S/C17H21NO/c1-18(2)17-10-8-14(9-11-17)6-7-15-4-3-5-16(12-15)13-19/h3-5,8-12,19H,6-7,13H2,1-2H3. The lowest BCUT2D eigenvalue weighted by Gasteiger charge is -2.12. The predicted molar refractivity (Wildman–Crippen MR) is 80.5 cm³/mol. The van der Waals surface area contributed by atoms with Gasteiger partial charge >= 0.3 is 0 Å². The number of hydrogen-bond acceptors (Lipinski definition) is 2. The largest absolute Gasteiger partial charge is 0.392 e. The van der Waals surface area contributed by atoms with Crippen molar-refractivity contribution in [3.63, 3.8) is 0 Å². The molecule has 0 bridgehead atoms. The third-order valence-electron chi connectivity index (χ3n) is 3.33. The average Bonchev–Trinajstić information content (AvgIpc) is 2.46. The Kier molecular flexibility index (Phi) is 4.58. The number of aliphatic hydroxyl groups is 1. The summed E-state index contributed by atoms with van der Waals surface area (Å²) in [5.74, 6) is 0. The summed E-state index contributed by atoms with van der Waals surface area (Å²) in [6, 6.07) is 16.8. The van der Waals surface area contributed by atoms with Crippen LogP contribution in [0.25, 0.3) is 0 Å². The van der Waals surface area contributed by atoms with Crippen LogP contribution in [0.2, 0.25) is 0 Å². The van der Waals surface area contributed by atoms with Gasteiger partial charge in [0.25, 0.3) is 0 Å². The van der Waals surface area contributed by atoms with Crippen molar-refractivity contribution in [2.45, 2.75) is 19.4 Å². The molecule has 0 unspecified atom stereocenters. The van der Waals surface area contributed by atoms with E-state index in [1.165, 1.54) is 16.8 Å². The van der Waals surface area contributed by atoms with Crippen molar-refractivity contribution in [1.29, 1.82) is 0 Å². The van der Waals surface area contributed by atoms with Gasteiger partial charge in [-0.1, -0.05) is 36.4 Å². The molecule has 100 valence electrons. The van der Waals surface area contributed by atoms with E-state index in [1.54, 1.807) is 0 Å². The number of nitrogens with zero attached hydrogens (tertiary/aromatic N) is 1. The molecule has 19 heavy (non-hydrogen) atoms. The molecule has 0 aliphatic heterocycles. The molecule has 0 fully saturated rings. The summed E-state index contributed by atoms with van der Waals surface area (Å²) in [4.78, 5) is 2.11. The molecule has 0 radical (unpaired) electrons. The number of benzene rings is 2. The summed E-state index contributed by atoms with van der Waals surface area (Å²) in [5.41, 5.74) is 4.84. The lowest BCUT2D eigenvalue weighted by atomic mass is 10.0. The maximum Gasteiger partial charge on any atom is 0.0681 e. The Morgan fingerprint density at radius 2 is 1.47 bits per heavy atom. The molecule has 0 atom stereocenters. The maximum absolute atomic E-state index is 9.13. The molecular weight excluding hydrogens is 234 g/mol. The van der Waals surface area contributed by atoms with Gasteiger partial charge in [0.15, 0.2) is 0 Å². The first kappa shape index (κ1) is 13.6. The minimum Gasteiger partial charge on any atom is -0.392 e. The van der Waals surface area contributed by atoms with Crippen molar-refractivity contribution in [1.82, 2.24) is 0 Å². The molecule has 0 aromatic heterocycles. The third-order valence-corrected chi connectivity index (χ3v) is 3.33. The van der Waals surface area contributed by atoms with E-state index in [2.05, 4.69) is 55.4 Å². The van der Waals surface area contributed by atoms with Crippen molar-refractivity contribution in [2.24, 2.45) is 0 Å². The summed E-state index contributed by atoms with van der Waals surface area (Å²) in [6.45, 7) is 0.116. The molecule has 0 saturated heterocycles. The van der Waals surface area contributed by atoms with Crippen molar-refractivity contribution in [3.8, 4) is 0 Å². The van der Waals surface area contributed by atoms with Gasteiger partial charge in [-0.25, -0.2) is 0 Å². The first-order valence-corrected chi connectivity index (χ1v) is 6.64. The second kappa shape index (κ2) is 6.39. The molecule has 2 heteroatoms. The molecule has 2 rings (SSSR count). The first-order valence-electron chi connectivity index (χ1n) is 6.64. The topological polar surface area (TPSA) is 23.5 Å². The number of aliphatic hydroxyl groups excluding tert-OH is 1. The zero-order chi connectivity index (χ0) is 13.7. The Morgan fingerprint density at radius 1 is 0.842 bits per heavy atom. The van der Waals surface area contributed by atoms with Crippen molar-refractivity contribution in [3.05, 3.63) is 65.2 Å². The van der Waals surface area contributed by atoms with Crippen LogP contribution in [-0.4, -0.2) is 19.2 Å².